The van der Waals surface area contributed by atoms with E-state index in [-0.39, 0.29) is 11.6 Å². The topological polar surface area (TPSA) is 46.9 Å². The summed E-state index contributed by atoms with van der Waals surface area (Å²) in [4.78, 5) is 12.1. The van der Waals surface area contributed by atoms with Crippen molar-refractivity contribution in [3.05, 3.63) is 45.1 Å². The van der Waals surface area contributed by atoms with E-state index in [1.165, 1.54) is 0 Å². The third-order valence-corrected chi connectivity index (χ3v) is 3.56. The summed E-state index contributed by atoms with van der Waals surface area (Å²) < 4.78 is 2.45. The predicted octanol–water partition coefficient (Wildman–Crippen LogP) is 3.88. The molecule has 1 N–H and O–H groups in total. The Kier molecular flexibility index (Phi) is 4.27. The summed E-state index contributed by atoms with van der Waals surface area (Å²) in [5, 5.41) is 7.26. The quantitative estimate of drug-likeness (QED) is 0.920. The number of nitrogens with one attached hydrogen (secondary N) is 1. The van der Waals surface area contributed by atoms with Gasteiger partial charge < -0.3 is 5.32 Å². The lowest BCUT2D eigenvalue weighted by Crippen LogP contribution is -2.14. The Morgan fingerprint density at radius 1 is 1.53 bits per heavy atom. The largest absolute Gasteiger partial charge is 0.319 e. The Hall–Kier alpha value is -1.33. The third kappa shape index (κ3) is 3.16. The Morgan fingerprint density at radius 2 is 2.26 bits per heavy atom. The fraction of sp³-hybridized carbons (Fsp3) is 0.231. The van der Waals surface area contributed by atoms with Gasteiger partial charge in [0.1, 0.15) is 0 Å². The van der Waals surface area contributed by atoms with E-state index in [9.17, 15) is 4.79 Å². The second kappa shape index (κ2) is 5.75. The van der Waals surface area contributed by atoms with Crippen molar-refractivity contribution in [1.82, 2.24) is 9.78 Å². The molecule has 0 aliphatic heterocycles. The highest BCUT2D eigenvalue weighted by Gasteiger charge is 2.16. The maximum absolute atomic E-state index is 12.1. The monoisotopic (exact) mass is 341 g/mol. The van der Waals surface area contributed by atoms with Gasteiger partial charge in [-0.15, -0.1) is 0 Å². The van der Waals surface area contributed by atoms with Crippen LogP contribution in [0.2, 0.25) is 5.02 Å². The smallest absolute Gasteiger partial charge is 0.277 e. The van der Waals surface area contributed by atoms with Gasteiger partial charge in [-0.1, -0.05) is 17.7 Å². The number of hydrogen-bond donors (Lipinski definition) is 1. The van der Waals surface area contributed by atoms with Crippen LogP contribution in [0.4, 0.5) is 5.69 Å². The van der Waals surface area contributed by atoms with E-state index in [0.29, 0.717) is 17.3 Å². The average Bonchev–Trinajstić information content (AvgIpc) is 2.74. The van der Waals surface area contributed by atoms with Gasteiger partial charge in [-0.05, 0) is 47.5 Å². The summed E-state index contributed by atoms with van der Waals surface area (Å²) in [5.41, 5.74) is 2.03. The van der Waals surface area contributed by atoms with Crippen molar-refractivity contribution in [3.63, 3.8) is 0 Å². The van der Waals surface area contributed by atoms with Crippen molar-refractivity contribution in [2.24, 2.45) is 0 Å². The molecule has 0 saturated carbocycles. The molecule has 0 spiro atoms. The van der Waals surface area contributed by atoms with Crippen LogP contribution < -0.4 is 5.32 Å². The Morgan fingerprint density at radius 3 is 2.84 bits per heavy atom. The molecular weight excluding hydrogens is 330 g/mol. The van der Waals surface area contributed by atoms with E-state index in [1.54, 1.807) is 10.9 Å². The van der Waals surface area contributed by atoms with Crippen molar-refractivity contribution in [2.75, 3.05) is 5.32 Å². The summed E-state index contributed by atoms with van der Waals surface area (Å²) in [6.45, 7) is 4.58. The Labute approximate surface area is 124 Å². The lowest BCUT2D eigenvalue weighted by Gasteiger charge is -2.06. The standard InChI is InChI=1S/C13H13BrClN3O/c1-3-18-7-10(15)12(17-18)13(19)16-11-5-4-8(2)6-9(11)14/h4-7H,3H2,1-2H3,(H,16,19). The number of rotatable bonds is 3. The lowest BCUT2D eigenvalue weighted by atomic mass is 10.2. The molecule has 0 aliphatic carbocycles. The molecule has 0 aliphatic rings. The second-order valence-electron chi connectivity index (χ2n) is 4.12. The molecule has 0 saturated heterocycles. The zero-order valence-corrected chi connectivity index (χ0v) is 12.9. The molecule has 0 atom stereocenters. The number of halogens is 2. The van der Waals surface area contributed by atoms with Gasteiger partial charge in [0.2, 0.25) is 0 Å². The summed E-state index contributed by atoms with van der Waals surface area (Å²) >= 11 is 9.41. The number of nitrogens with zero attached hydrogens (tertiary/aromatic N) is 2. The van der Waals surface area contributed by atoms with Gasteiger partial charge in [-0.3, -0.25) is 9.48 Å². The summed E-state index contributed by atoms with van der Waals surface area (Å²) in [5.74, 6) is -0.318. The first kappa shape index (κ1) is 14.1. The molecule has 1 aromatic heterocycles. The number of hydrogen-bond acceptors (Lipinski definition) is 2. The molecule has 0 radical (unpaired) electrons. The van der Waals surface area contributed by atoms with Crippen LogP contribution in [0.5, 0.6) is 0 Å². The Bertz CT molecular complexity index is 624. The van der Waals surface area contributed by atoms with E-state index in [0.717, 1.165) is 10.0 Å². The molecule has 100 valence electrons. The fourth-order valence-electron chi connectivity index (χ4n) is 1.62. The van der Waals surface area contributed by atoms with E-state index in [2.05, 4.69) is 26.3 Å². The summed E-state index contributed by atoms with van der Waals surface area (Å²) in [6, 6.07) is 5.69. The maximum Gasteiger partial charge on any atom is 0.277 e. The fourth-order valence-corrected chi connectivity index (χ4v) is 2.44. The first-order valence-electron chi connectivity index (χ1n) is 5.81. The zero-order valence-electron chi connectivity index (χ0n) is 10.6. The molecule has 1 amide bonds. The number of aromatic nitrogens is 2. The average molecular weight is 343 g/mol. The minimum atomic E-state index is -0.318. The molecule has 1 heterocycles. The van der Waals surface area contributed by atoms with Crippen LogP contribution >= 0.6 is 27.5 Å². The molecule has 4 nitrogen and oxygen atoms in total. The lowest BCUT2D eigenvalue weighted by molar-refractivity contribution is 0.102. The number of aryl methyl sites for hydroxylation is 2. The van der Waals surface area contributed by atoms with Crippen LogP contribution in [0.25, 0.3) is 0 Å². The van der Waals surface area contributed by atoms with Crippen molar-refractivity contribution in [2.45, 2.75) is 20.4 Å². The third-order valence-electron chi connectivity index (χ3n) is 2.63. The van der Waals surface area contributed by atoms with Crippen molar-refractivity contribution in [1.29, 1.82) is 0 Å². The van der Waals surface area contributed by atoms with Gasteiger partial charge in [-0.2, -0.15) is 5.10 Å². The van der Waals surface area contributed by atoms with E-state index in [4.69, 9.17) is 11.6 Å². The first-order chi connectivity index (χ1) is 9.01. The highest BCUT2D eigenvalue weighted by molar-refractivity contribution is 9.10. The molecule has 6 heteroatoms. The van der Waals surface area contributed by atoms with Crippen LogP contribution in [0.3, 0.4) is 0 Å². The van der Waals surface area contributed by atoms with Gasteiger partial charge in [-0.25, -0.2) is 0 Å². The first-order valence-corrected chi connectivity index (χ1v) is 6.98. The summed E-state index contributed by atoms with van der Waals surface area (Å²) in [6.07, 6.45) is 1.64. The predicted molar refractivity (Wildman–Crippen MR) is 79.7 cm³/mol. The highest BCUT2D eigenvalue weighted by atomic mass is 79.9. The van der Waals surface area contributed by atoms with Crippen molar-refractivity contribution < 1.29 is 4.79 Å². The second-order valence-corrected chi connectivity index (χ2v) is 5.38. The SMILES string of the molecule is CCn1cc(Cl)c(C(=O)Nc2ccc(C)cc2Br)n1. The number of amides is 1. The van der Waals surface area contributed by atoms with Gasteiger partial charge in [0, 0.05) is 17.2 Å². The van der Waals surface area contributed by atoms with Crippen LogP contribution in [-0.2, 0) is 6.54 Å². The molecule has 2 aromatic rings. The zero-order chi connectivity index (χ0) is 14.0. The van der Waals surface area contributed by atoms with Crippen LogP contribution in [0, 0.1) is 6.92 Å². The minimum absolute atomic E-state index is 0.232. The van der Waals surface area contributed by atoms with Crippen LogP contribution in [-0.4, -0.2) is 15.7 Å². The Balaban J connectivity index is 2.23. The van der Waals surface area contributed by atoms with E-state index in [1.807, 2.05) is 32.0 Å². The van der Waals surface area contributed by atoms with Gasteiger partial charge >= 0.3 is 0 Å². The van der Waals surface area contributed by atoms with E-state index >= 15 is 0 Å². The molecule has 1 aromatic carbocycles. The molecule has 0 bridgehead atoms. The molecule has 0 unspecified atom stereocenters. The van der Waals surface area contributed by atoms with Crippen molar-refractivity contribution >= 4 is 39.1 Å². The number of anilines is 1. The van der Waals surface area contributed by atoms with Crippen LogP contribution in [0.1, 0.15) is 23.0 Å². The van der Waals surface area contributed by atoms with Gasteiger partial charge in [0.25, 0.3) is 5.91 Å². The number of carbonyl (C=O) groups is 1. The van der Waals surface area contributed by atoms with Gasteiger partial charge in [0.15, 0.2) is 5.69 Å². The molecule has 0 fully saturated rings. The minimum Gasteiger partial charge on any atom is -0.319 e. The highest BCUT2D eigenvalue weighted by Crippen LogP contribution is 2.24. The molecular formula is C13H13BrClN3O. The molecule has 19 heavy (non-hydrogen) atoms. The van der Waals surface area contributed by atoms with Crippen LogP contribution in [0.15, 0.2) is 28.9 Å². The normalized spacial score (nSPS) is 10.5. The van der Waals surface area contributed by atoms with Crippen molar-refractivity contribution in [3.8, 4) is 0 Å². The summed E-state index contributed by atoms with van der Waals surface area (Å²) in [7, 11) is 0. The number of benzene rings is 1. The van der Waals surface area contributed by atoms with E-state index < -0.39 is 0 Å². The molecule has 2 rings (SSSR count). The van der Waals surface area contributed by atoms with Gasteiger partial charge in [0.05, 0.1) is 10.7 Å². The number of carbonyl (C=O) groups excluding carboxylic acids is 1. The maximum atomic E-state index is 12.1.